The first-order valence-corrected chi connectivity index (χ1v) is 8.35. The van der Waals surface area contributed by atoms with Crippen molar-refractivity contribution in [3.63, 3.8) is 0 Å². The molecular weight excluding hydrogens is 399 g/mol. The Labute approximate surface area is 149 Å². The van der Waals surface area contributed by atoms with Crippen molar-refractivity contribution in [2.24, 2.45) is 0 Å². The van der Waals surface area contributed by atoms with Crippen LogP contribution in [0.15, 0.2) is 72.8 Å². The summed E-state index contributed by atoms with van der Waals surface area (Å²) in [6.07, 6.45) is 0. The van der Waals surface area contributed by atoms with E-state index < -0.39 is 0 Å². The molecule has 0 fully saturated rings. The summed E-state index contributed by atoms with van der Waals surface area (Å²) >= 11 is 2.13. The molecule has 0 spiro atoms. The fourth-order valence-corrected chi connectivity index (χ4v) is 2.86. The van der Waals surface area contributed by atoms with Crippen molar-refractivity contribution in [2.75, 3.05) is 0 Å². The maximum atomic E-state index is 12.2. The largest absolute Gasteiger partial charge is 0.423 e. The highest BCUT2D eigenvalue weighted by Crippen LogP contribution is 2.23. The van der Waals surface area contributed by atoms with Gasteiger partial charge in [0.2, 0.25) is 0 Å². The average Bonchev–Trinajstić information content (AvgIpc) is 2.57. The maximum Gasteiger partial charge on any atom is 0.344 e. The Morgan fingerprint density at radius 1 is 0.826 bits per heavy atom. The fraction of sp³-hybridized carbons (Fsp3) is 0.0500. The first kappa shape index (κ1) is 15.7. The molecule has 3 rings (SSSR count). The van der Waals surface area contributed by atoms with Crippen molar-refractivity contribution in [1.82, 2.24) is 0 Å². The van der Waals surface area contributed by atoms with E-state index in [1.165, 1.54) is 5.56 Å². The van der Waals surface area contributed by atoms with Crippen LogP contribution in [0.25, 0.3) is 11.1 Å². The number of ether oxygens (including phenoxy) is 1. The van der Waals surface area contributed by atoms with Gasteiger partial charge in [-0.05, 0) is 64.9 Å². The molecule has 0 atom stereocenters. The van der Waals surface area contributed by atoms with Crippen LogP contribution in [0, 0.1) is 10.5 Å². The van der Waals surface area contributed by atoms with Gasteiger partial charge in [-0.1, -0.05) is 54.1 Å². The van der Waals surface area contributed by atoms with Crippen LogP contribution in [0.1, 0.15) is 15.9 Å². The quantitative estimate of drug-likeness (QED) is 0.322. The normalized spacial score (nSPS) is 10.3. The average molecular weight is 414 g/mol. The molecule has 0 aromatic heterocycles. The number of carbonyl (C=O) groups excluding carboxylic acids is 1. The highest BCUT2D eigenvalue weighted by molar-refractivity contribution is 14.1. The van der Waals surface area contributed by atoms with Gasteiger partial charge in [-0.3, -0.25) is 0 Å². The molecule has 0 heterocycles. The number of hydrogen-bond acceptors (Lipinski definition) is 2. The molecule has 0 radical (unpaired) electrons. The van der Waals surface area contributed by atoms with Crippen LogP contribution in [-0.4, -0.2) is 5.97 Å². The second-order valence-electron chi connectivity index (χ2n) is 5.26. The third-order valence-corrected chi connectivity index (χ3v) is 4.48. The summed E-state index contributed by atoms with van der Waals surface area (Å²) in [7, 11) is 0. The van der Waals surface area contributed by atoms with Crippen molar-refractivity contribution < 1.29 is 9.53 Å². The third-order valence-electron chi connectivity index (χ3n) is 3.54. The molecule has 0 unspecified atom stereocenters. The molecule has 0 bridgehead atoms. The number of halogens is 1. The van der Waals surface area contributed by atoms with Crippen LogP contribution < -0.4 is 4.74 Å². The van der Waals surface area contributed by atoms with E-state index in [2.05, 4.69) is 53.8 Å². The van der Waals surface area contributed by atoms with Crippen LogP contribution in [0.5, 0.6) is 5.75 Å². The first-order valence-electron chi connectivity index (χ1n) is 7.27. The lowest BCUT2D eigenvalue weighted by molar-refractivity contribution is 0.0733. The number of hydrogen-bond donors (Lipinski definition) is 0. The summed E-state index contributed by atoms with van der Waals surface area (Å²) in [4.78, 5) is 12.2. The highest BCUT2D eigenvalue weighted by Gasteiger charge is 2.11. The van der Waals surface area contributed by atoms with Gasteiger partial charge in [0.25, 0.3) is 0 Å². The van der Waals surface area contributed by atoms with Gasteiger partial charge in [0.15, 0.2) is 0 Å². The zero-order valence-corrected chi connectivity index (χ0v) is 14.8. The number of esters is 1. The summed E-state index contributed by atoms with van der Waals surface area (Å²) in [6.45, 7) is 2.07. The topological polar surface area (TPSA) is 26.3 Å². The van der Waals surface area contributed by atoms with Gasteiger partial charge >= 0.3 is 5.97 Å². The van der Waals surface area contributed by atoms with Crippen LogP contribution in [0.2, 0.25) is 0 Å². The summed E-state index contributed by atoms with van der Waals surface area (Å²) in [5.41, 5.74) is 4.05. The van der Waals surface area contributed by atoms with E-state index in [0.29, 0.717) is 11.3 Å². The fourth-order valence-electron chi connectivity index (χ4n) is 2.25. The Hall–Kier alpha value is -2.14. The SMILES string of the molecule is Cc1ccc(-c2ccc(OC(=O)c3ccccc3I)cc2)cc1. The molecule has 0 saturated heterocycles. The molecule has 3 heteroatoms. The molecule has 0 N–H and O–H groups in total. The lowest BCUT2D eigenvalue weighted by Gasteiger charge is -2.07. The predicted molar refractivity (Wildman–Crippen MR) is 101 cm³/mol. The Balaban J connectivity index is 1.76. The Kier molecular flexibility index (Phi) is 4.76. The van der Waals surface area contributed by atoms with E-state index in [-0.39, 0.29) is 5.97 Å². The summed E-state index contributed by atoms with van der Waals surface area (Å²) in [5.74, 6) is 0.212. The number of carbonyl (C=O) groups is 1. The number of rotatable bonds is 3. The van der Waals surface area contributed by atoms with Crippen molar-refractivity contribution in [1.29, 1.82) is 0 Å². The van der Waals surface area contributed by atoms with Crippen molar-refractivity contribution >= 4 is 28.6 Å². The minimum atomic E-state index is -0.335. The van der Waals surface area contributed by atoms with Gasteiger partial charge in [0, 0.05) is 3.57 Å². The van der Waals surface area contributed by atoms with E-state index in [9.17, 15) is 4.79 Å². The minimum Gasteiger partial charge on any atom is -0.423 e. The van der Waals surface area contributed by atoms with Gasteiger partial charge < -0.3 is 4.74 Å². The van der Waals surface area contributed by atoms with Crippen molar-refractivity contribution in [2.45, 2.75) is 6.92 Å². The van der Waals surface area contributed by atoms with Crippen molar-refractivity contribution in [3.8, 4) is 16.9 Å². The molecule has 2 nitrogen and oxygen atoms in total. The van der Waals surface area contributed by atoms with E-state index in [1.54, 1.807) is 6.07 Å². The Morgan fingerprint density at radius 3 is 2.00 bits per heavy atom. The van der Waals surface area contributed by atoms with Gasteiger partial charge in [0.05, 0.1) is 5.56 Å². The monoisotopic (exact) mass is 414 g/mol. The molecular formula is C20H15IO2. The van der Waals surface area contributed by atoms with Gasteiger partial charge in [0.1, 0.15) is 5.75 Å². The Morgan fingerprint density at radius 2 is 1.39 bits per heavy atom. The zero-order chi connectivity index (χ0) is 16.2. The summed E-state index contributed by atoms with van der Waals surface area (Å²) in [5, 5.41) is 0. The maximum absolute atomic E-state index is 12.2. The van der Waals surface area contributed by atoms with Crippen LogP contribution >= 0.6 is 22.6 Å². The molecule has 0 aliphatic carbocycles. The van der Waals surface area contributed by atoms with E-state index in [0.717, 1.165) is 14.7 Å². The lowest BCUT2D eigenvalue weighted by atomic mass is 10.0. The standard InChI is InChI=1S/C20H15IO2/c1-14-6-8-15(9-7-14)16-10-12-17(13-11-16)23-20(22)18-4-2-3-5-19(18)21/h2-13H,1H3. The summed E-state index contributed by atoms with van der Waals surface area (Å²) in [6, 6.07) is 23.3. The van der Waals surface area contributed by atoms with Gasteiger partial charge in [-0.2, -0.15) is 0 Å². The second kappa shape index (κ2) is 6.96. The van der Waals surface area contributed by atoms with Gasteiger partial charge in [-0.25, -0.2) is 4.79 Å². The van der Waals surface area contributed by atoms with Crippen LogP contribution in [0.3, 0.4) is 0 Å². The Bertz CT molecular complexity index is 821. The highest BCUT2D eigenvalue weighted by atomic mass is 127. The molecule has 3 aromatic carbocycles. The smallest absolute Gasteiger partial charge is 0.344 e. The molecule has 23 heavy (non-hydrogen) atoms. The van der Waals surface area contributed by atoms with Gasteiger partial charge in [-0.15, -0.1) is 0 Å². The predicted octanol–water partition coefficient (Wildman–Crippen LogP) is 5.49. The van der Waals surface area contributed by atoms with E-state index in [1.807, 2.05) is 42.5 Å². The molecule has 0 amide bonds. The van der Waals surface area contributed by atoms with E-state index >= 15 is 0 Å². The molecule has 0 aliphatic rings. The first-order chi connectivity index (χ1) is 11.1. The van der Waals surface area contributed by atoms with Crippen LogP contribution in [0.4, 0.5) is 0 Å². The molecule has 0 saturated carbocycles. The van der Waals surface area contributed by atoms with Crippen LogP contribution in [-0.2, 0) is 0 Å². The third kappa shape index (κ3) is 3.79. The zero-order valence-electron chi connectivity index (χ0n) is 12.6. The lowest BCUT2D eigenvalue weighted by Crippen LogP contribution is -2.09. The molecule has 114 valence electrons. The molecule has 0 aliphatic heterocycles. The number of aryl methyl sites for hydroxylation is 1. The second-order valence-corrected chi connectivity index (χ2v) is 6.42. The van der Waals surface area contributed by atoms with E-state index in [4.69, 9.17) is 4.74 Å². The summed E-state index contributed by atoms with van der Waals surface area (Å²) < 4.78 is 6.33. The number of benzene rings is 3. The molecule has 3 aromatic rings. The van der Waals surface area contributed by atoms with Crippen molar-refractivity contribution in [3.05, 3.63) is 87.5 Å². The minimum absolute atomic E-state index is 0.335.